The number of benzene rings is 1. The summed E-state index contributed by atoms with van der Waals surface area (Å²) in [4.78, 5) is 21.1. The molecule has 0 aliphatic rings. The summed E-state index contributed by atoms with van der Waals surface area (Å²) >= 11 is 0. The fraction of sp³-hybridized carbons (Fsp3) is 0.100. The predicted molar refractivity (Wildman–Crippen MR) is 51.2 cm³/mol. The molecule has 1 aromatic carbocycles. The molecule has 0 aliphatic carbocycles. The smallest absolute Gasteiger partial charge is 0.325 e. The molecule has 0 heterocycles. The zero-order valence-electron chi connectivity index (χ0n) is 7.31. The van der Waals surface area contributed by atoms with Crippen LogP contribution < -0.4 is 5.73 Å². The zero-order chi connectivity index (χ0) is 10.6. The van der Waals surface area contributed by atoms with Crippen LogP contribution in [-0.2, 0) is 9.59 Å². The average molecular weight is 191 g/mol. The van der Waals surface area contributed by atoms with Gasteiger partial charge in [0.05, 0.1) is 5.57 Å². The molecule has 1 aromatic rings. The molecule has 72 valence electrons. The lowest BCUT2D eigenvalue weighted by atomic mass is 10.0. The van der Waals surface area contributed by atoms with Crippen molar-refractivity contribution in [2.75, 3.05) is 0 Å². The van der Waals surface area contributed by atoms with Crippen molar-refractivity contribution < 1.29 is 14.7 Å². The Balaban J connectivity index is 3.07. The molecule has 0 spiro atoms. The lowest BCUT2D eigenvalue weighted by Crippen LogP contribution is -2.31. The van der Waals surface area contributed by atoms with Crippen molar-refractivity contribution in [1.82, 2.24) is 0 Å². The third-order valence-electron chi connectivity index (χ3n) is 1.77. The molecular formula is C10H9NO3. The van der Waals surface area contributed by atoms with Gasteiger partial charge in [-0.15, -0.1) is 0 Å². The molecular weight excluding hydrogens is 182 g/mol. The van der Waals surface area contributed by atoms with Gasteiger partial charge < -0.3 is 10.8 Å². The summed E-state index contributed by atoms with van der Waals surface area (Å²) in [6.45, 7) is 0. The van der Waals surface area contributed by atoms with E-state index < -0.39 is 12.0 Å². The summed E-state index contributed by atoms with van der Waals surface area (Å²) < 4.78 is 0. The molecule has 0 bridgehead atoms. The molecule has 1 atom stereocenters. The Morgan fingerprint density at radius 2 is 1.93 bits per heavy atom. The van der Waals surface area contributed by atoms with Crippen LogP contribution in [0.5, 0.6) is 0 Å². The number of nitrogens with two attached hydrogens (primary N) is 1. The second-order valence-electron chi connectivity index (χ2n) is 2.70. The first-order valence-electron chi connectivity index (χ1n) is 3.95. The molecule has 4 heteroatoms. The molecule has 0 amide bonds. The molecule has 14 heavy (non-hydrogen) atoms. The van der Waals surface area contributed by atoms with Crippen molar-refractivity contribution in [3.05, 3.63) is 35.9 Å². The van der Waals surface area contributed by atoms with E-state index >= 15 is 0 Å². The lowest BCUT2D eigenvalue weighted by molar-refractivity contribution is -0.137. The van der Waals surface area contributed by atoms with E-state index in [1.165, 1.54) is 0 Å². The fourth-order valence-electron chi connectivity index (χ4n) is 1.04. The number of carboxylic acid groups (broad SMARTS) is 1. The summed E-state index contributed by atoms with van der Waals surface area (Å²) in [5.41, 5.74) is 5.74. The second-order valence-corrected chi connectivity index (χ2v) is 2.70. The van der Waals surface area contributed by atoms with Gasteiger partial charge >= 0.3 is 5.97 Å². The Kier molecular flexibility index (Phi) is 3.18. The van der Waals surface area contributed by atoms with E-state index in [9.17, 15) is 9.59 Å². The van der Waals surface area contributed by atoms with Gasteiger partial charge in [-0.1, -0.05) is 30.3 Å². The van der Waals surface area contributed by atoms with Gasteiger partial charge in [0.25, 0.3) is 0 Å². The van der Waals surface area contributed by atoms with Gasteiger partial charge in [-0.25, -0.2) is 4.79 Å². The van der Waals surface area contributed by atoms with Gasteiger partial charge in [0.2, 0.25) is 0 Å². The monoisotopic (exact) mass is 191 g/mol. The van der Waals surface area contributed by atoms with Crippen LogP contribution in [0.2, 0.25) is 0 Å². The quantitative estimate of drug-likeness (QED) is 0.674. The van der Waals surface area contributed by atoms with Crippen molar-refractivity contribution >= 4 is 17.5 Å². The highest BCUT2D eigenvalue weighted by Gasteiger charge is 2.19. The van der Waals surface area contributed by atoms with E-state index in [0.717, 1.165) is 0 Å². The Bertz CT molecular complexity index is 380. The predicted octanol–water partition coefficient (Wildman–Crippen LogP) is 0.313. The summed E-state index contributed by atoms with van der Waals surface area (Å²) in [6.07, 6.45) is 0. The molecule has 0 radical (unpaired) electrons. The Morgan fingerprint density at radius 3 is 2.36 bits per heavy atom. The topological polar surface area (TPSA) is 80.4 Å². The zero-order valence-corrected chi connectivity index (χ0v) is 7.31. The molecule has 3 N–H and O–H groups in total. The first-order chi connectivity index (χ1) is 6.66. The van der Waals surface area contributed by atoms with Crippen LogP contribution in [-0.4, -0.2) is 23.1 Å². The third kappa shape index (κ3) is 2.07. The minimum Gasteiger partial charge on any atom is -0.480 e. The number of rotatable bonds is 3. The minimum absolute atomic E-state index is 0.0434. The summed E-state index contributed by atoms with van der Waals surface area (Å²) in [5.74, 6) is 0.317. The number of aliphatic carboxylic acids is 1. The van der Waals surface area contributed by atoms with Crippen LogP contribution in [0.15, 0.2) is 30.3 Å². The van der Waals surface area contributed by atoms with Crippen LogP contribution in [0.4, 0.5) is 0 Å². The summed E-state index contributed by atoms with van der Waals surface area (Å²) in [6, 6.07) is 7.06. The number of hydrogen-bond acceptors (Lipinski definition) is 3. The maximum absolute atomic E-state index is 10.5. The number of carbonyl (C=O) groups excluding carboxylic acids is 1. The molecule has 0 aromatic heterocycles. The van der Waals surface area contributed by atoms with Crippen molar-refractivity contribution in [3.63, 3.8) is 0 Å². The van der Waals surface area contributed by atoms with Gasteiger partial charge in [0, 0.05) is 0 Å². The molecule has 0 saturated heterocycles. The normalized spacial score (nSPS) is 11.5. The van der Waals surface area contributed by atoms with Gasteiger partial charge in [0.15, 0.2) is 0 Å². The standard InChI is InChI=1S/C10H9NO3/c11-9(10(13)14)8(6-12)7-4-2-1-3-5-7/h1-5,9H,11H2,(H,13,14). The van der Waals surface area contributed by atoms with Crippen molar-refractivity contribution in [3.8, 4) is 0 Å². The molecule has 0 saturated carbocycles. The Morgan fingerprint density at radius 1 is 1.36 bits per heavy atom. The van der Waals surface area contributed by atoms with Crippen LogP contribution in [0, 0.1) is 0 Å². The van der Waals surface area contributed by atoms with Crippen molar-refractivity contribution in [1.29, 1.82) is 0 Å². The van der Waals surface area contributed by atoms with Crippen LogP contribution in [0.25, 0.3) is 5.57 Å². The van der Waals surface area contributed by atoms with E-state index in [2.05, 4.69) is 0 Å². The third-order valence-corrected chi connectivity index (χ3v) is 1.77. The summed E-state index contributed by atoms with van der Waals surface area (Å²) in [7, 11) is 0. The lowest BCUT2D eigenvalue weighted by Gasteiger charge is -2.07. The van der Waals surface area contributed by atoms with Crippen LogP contribution >= 0.6 is 0 Å². The average Bonchev–Trinajstić information content (AvgIpc) is 2.20. The number of carboxylic acids is 1. The van der Waals surface area contributed by atoms with Gasteiger partial charge in [0.1, 0.15) is 12.0 Å². The highest BCUT2D eigenvalue weighted by molar-refractivity contribution is 6.01. The molecule has 4 nitrogen and oxygen atoms in total. The van der Waals surface area contributed by atoms with E-state index in [-0.39, 0.29) is 5.57 Å². The van der Waals surface area contributed by atoms with Crippen LogP contribution in [0.3, 0.4) is 0 Å². The number of hydrogen-bond donors (Lipinski definition) is 2. The van der Waals surface area contributed by atoms with Crippen LogP contribution in [0.1, 0.15) is 5.56 Å². The summed E-state index contributed by atoms with van der Waals surface area (Å²) in [5, 5.41) is 8.62. The van der Waals surface area contributed by atoms with E-state index in [1.54, 1.807) is 36.3 Å². The SMILES string of the molecule is NC(C(=O)O)C(=C=O)c1ccccc1. The van der Waals surface area contributed by atoms with E-state index in [1.807, 2.05) is 0 Å². The molecule has 1 unspecified atom stereocenters. The van der Waals surface area contributed by atoms with Crippen molar-refractivity contribution in [2.45, 2.75) is 6.04 Å². The fourth-order valence-corrected chi connectivity index (χ4v) is 1.04. The second kappa shape index (κ2) is 4.37. The van der Waals surface area contributed by atoms with Crippen molar-refractivity contribution in [2.24, 2.45) is 5.73 Å². The van der Waals surface area contributed by atoms with Gasteiger partial charge in [-0.3, -0.25) is 4.79 Å². The first kappa shape index (κ1) is 10.2. The first-order valence-corrected chi connectivity index (χ1v) is 3.95. The maximum Gasteiger partial charge on any atom is 0.325 e. The maximum atomic E-state index is 10.5. The molecule has 0 fully saturated rings. The van der Waals surface area contributed by atoms with E-state index in [0.29, 0.717) is 5.56 Å². The number of carbonyl (C=O) groups is 1. The highest BCUT2D eigenvalue weighted by Crippen LogP contribution is 2.13. The largest absolute Gasteiger partial charge is 0.480 e. The minimum atomic E-state index is -1.32. The Labute approximate surface area is 80.7 Å². The van der Waals surface area contributed by atoms with Gasteiger partial charge in [-0.05, 0) is 5.56 Å². The molecule has 1 rings (SSSR count). The van der Waals surface area contributed by atoms with Gasteiger partial charge in [-0.2, -0.15) is 0 Å². The highest BCUT2D eigenvalue weighted by atomic mass is 16.4. The van der Waals surface area contributed by atoms with E-state index in [4.69, 9.17) is 10.8 Å². The Hall–Kier alpha value is -1.90. The molecule has 0 aliphatic heterocycles.